The van der Waals surface area contributed by atoms with Gasteiger partial charge in [-0.1, -0.05) is 19.9 Å². The van der Waals surface area contributed by atoms with Gasteiger partial charge in [0.25, 0.3) is 0 Å². The third kappa shape index (κ3) is 4.33. The van der Waals surface area contributed by atoms with Crippen LogP contribution in [0.5, 0.6) is 0 Å². The fourth-order valence-corrected chi connectivity index (χ4v) is 5.91. The number of aromatic nitrogens is 1. The maximum Gasteiger partial charge on any atom is 0.228 e. The zero-order chi connectivity index (χ0) is 20.0. The quantitative estimate of drug-likeness (QED) is 0.767. The number of carbonyl (C=O) groups excluding carboxylic acids is 1. The van der Waals surface area contributed by atoms with Gasteiger partial charge in [0.05, 0.1) is 23.5 Å². The van der Waals surface area contributed by atoms with Crippen molar-refractivity contribution in [2.75, 3.05) is 24.6 Å². The van der Waals surface area contributed by atoms with Crippen molar-refractivity contribution in [2.24, 2.45) is 11.3 Å². The second-order valence-corrected chi connectivity index (χ2v) is 10.7. The molecule has 3 heterocycles. The van der Waals surface area contributed by atoms with E-state index in [0.717, 1.165) is 17.0 Å². The molecule has 0 aromatic carbocycles. The van der Waals surface area contributed by atoms with E-state index in [1.165, 1.54) is 0 Å². The Bertz CT molecular complexity index is 837. The Morgan fingerprint density at radius 1 is 1.33 bits per heavy atom. The predicted molar refractivity (Wildman–Crippen MR) is 103 cm³/mol. The Balaban J connectivity index is 1.72. The van der Waals surface area contributed by atoms with E-state index in [1.54, 1.807) is 4.90 Å². The normalized spacial score (nSPS) is 29.2. The average Bonchev–Trinajstić information content (AvgIpc) is 3.01. The Labute approximate surface area is 161 Å². The summed E-state index contributed by atoms with van der Waals surface area (Å²) in [7, 11) is -3.27. The van der Waals surface area contributed by atoms with Crippen LogP contribution in [0.3, 0.4) is 0 Å². The number of aryl methyl sites for hydroxylation is 2. The molecule has 150 valence electrons. The lowest BCUT2D eigenvalue weighted by Gasteiger charge is -2.25. The lowest BCUT2D eigenvalue weighted by atomic mass is 9.90. The molecule has 3 rings (SSSR count). The fraction of sp³-hybridized carbons (Fsp3) is 0.684. The van der Waals surface area contributed by atoms with Crippen LogP contribution in [-0.2, 0) is 21.2 Å². The summed E-state index contributed by atoms with van der Waals surface area (Å²) in [6.07, 6.45) is -0.591. The number of hydrogen-bond acceptors (Lipinski definition) is 6. The Hall–Kier alpha value is -1.51. The molecule has 1 unspecified atom stereocenters. The van der Waals surface area contributed by atoms with E-state index in [0.29, 0.717) is 13.1 Å². The molecule has 2 saturated heterocycles. The highest BCUT2D eigenvalue weighted by atomic mass is 32.2. The van der Waals surface area contributed by atoms with Crippen LogP contribution in [0.1, 0.15) is 30.8 Å². The lowest BCUT2D eigenvalue weighted by molar-refractivity contribution is -0.134. The first-order chi connectivity index (χ1) is 12.5. The number of amides is 1. The minimum absolute atomic E-state index is 0.0401. The smallest absolute Gasteiger partial charge is 0.228 e. The largest absolute Gasteiger partial charge is 0.391 e. The zero-order valence-corrected chi connectivity index (χ0v) is 17.2. The van der Waals surface area contributed by atoms with Crippen LogP contribution in [-0.4, -0.2) is 66.1 Å². The zero-order valence-electron chi connectivity index (χ0n) is 16.4. The van der Waals surface area contributed by atoms with Crippen molar-refractivity contribution in [3.8, 4) is 0 Å². The molecule has 27 heavy (non-hydrogen) atoms. The van der Waals surface area contributed by atoms with Crippen molar-refractivity contribution in [2.45, 2.75) is 46.4 Å². The summed E-state index contributed by atoms with van der Waals surface area (Å²) in [6, 6.07) is 3.47. The monoisotopic (exact) mass is 395 g/mol. The van der Waals surface area contributed by atoms with Crippen LogP contribution in [0.2, 0.25) is 0 Å². The van der Waals surface area contributed by atoms with Gasteiger partial charge in [0.15, 0.2) is 9.84 Å². The molecule has 1 aromatic rings. The van der Waals surface area contributed by atoms with Gasteiger partial charge in [-0.05, 0) is 25.5 Å². The summed E-state index contributed by atoms with van der Waals surface area (Å²) >= 11 is 0. The first-order valence-corrected chi connectivity index (χ1v) is 11.1. The number of pyridine rings is 1. The molecule has 0 radical (unpaired) electrons. The Morgan fingerprint density at radius 2 is 2.04 bits per heavy atom. The van der Waals surface area contributed by atoms with E-state index < -0.39 is 27.9 Å². The second kappa shape index (κ2) is 7.14. The van der Waals surface area contributed by atoms with E-state index in [1.807, 2.05) is 39.8 Å². The molecule has 0 aliphatic carbocycles. The van der Waals surface area contributed by atoms with Gasteiger partial charge in [-0.3, -0.25) is 9.78 Å². The molecule has 0 spiro atoms. The first kappa shape index (κ1) is 20.2. The van der Waals surface area contributed by atoms with Crippen molar-refractivity contribution in [1.82, 2.24) is 15.2 Å². The molecule has 0 bridgehead atoms. The van der Waals surface area contributed by atoms with Crippen molar-refractivity contribution < 1.29 is 18.3 Å². The SMILES string of the molecule is Cc1ccc(CN[C@@H]2CS(=O)(=O)C[C@H]2C(=O)N2CC(O)C(C)(C)C2)c(C)n1. The molecular weight excluding hydrogens is 366 g/mol. The second-order valence-electron chi connectivity index (χ2n) is 8.59. The minimum atomic E-state index is -3.27. The summed E-state index contributed by atoms with van der Waals surface area (Å²) < 4.78 is 24.4. The predicted octanol–water partition coefficient (Wildman–Crippen LogP) is 0.431. The van der Waals surface area contributed by atoms with Crippen LogP contribution in [0, 0.1) is 25.2 Å². The standard InChI is InChI=1S/C19H29N3O4S/c1-12-5-6-14(13(2)21-12)7-20-16-10-27(25,26)9-15(16)18(24)22-8-17(23)19(3,4)11-22/h5-6,15-17,20,23H,7-11H2,1-4H3/t15-,16-,17?/m1/s1. The summed E-state index contributed by atoms with van der Waals surface area (Å²) in [5, 5.41) is 13.4. The molecule has 3 atom stereocenters. The highest BCUT2D eigenvalue weighted by Crippen LogP contribution is 2.32. The van der Waals surface area contributed by atoms with Gasteiger partial charge in [-0.25, -0.2) is 8.42 Å². The maximum absolute atomic E-state index is 13.0. The van der Waals surface area contributed by atoms with Crippen LogP contribution < -0.4 is 5.32 Å². The molecule has 2 aliphatic rings. The van der Waals surface area contributed by atoms with Crippen molar-refractivity contribution >= 4 is 15.7 Å². The molecule has 8 heteroatoms. The highest BCUT2D eigenvalue weighted by molar-refractivity contribution is 7.91. The number of nitrogens with zero attached hydrogens (tertiary/aromatic N) is 2. The average molecular weight is 396 g/mol. The van der Waals surface area contributed by atoms with Gasteiger partial charge in [0, 0.05) is 42.5 Å². The Kier molecular flexibility index (Phi) is 5.35. The molecule has 2 fully saturated rings. The highest BCUT2D eigenvalue weighted by Gasteiger charge is 2.47. The third-order valence-corrected chi connectivity index (χ3v) is 7.50. The van der Waals surface area contributed by atoms with E-state index in [9.17, 15) is 18.3 Å². The van der Waals surface area contributed by atoms with E-state index in [4.69, 9.17) is 0 Å². The van der Waals surface area contributed by atoms with Gasteiger partial charge in [0.2, 0.25) is 5.91 Å². The molecule has 2 aliphatic heterocycles. The topological polar surface area (TPSA) is 99.6 Å². The minimum Gasteiger partial charge on any atom is -0.391 e. The number of likely N-dealkylation sites (tertiary alicyclic amines) is 1. The van der Waals surface area contributed by atoms with E-state index in [2.05, 4.69) is 10.3 Å². The fourth-order valence-electron chi connectivity index (χ4n) is 3.96. The van der Waals surface area contributed by atoms with Crippen LogP contribution in [0.25, 0.3) is 0 Å². The summed E-state index contributed by atoms with van der Waals surface area (Å²) in [5.41, 5.74) is 2.45. The van der Waals surface area contributed by atoms with Gasteiger partial charge in [-0.15, -0.1) is 0 Å². The number of aliphatic hydroxyl groups excluding tert-OH is 1. The van der Waals surface area contributed by atoms with Crippen molar-refractivity contribution in [3.63, 3.8) is 0 Å². The molecule has 1 amide bonds. The lowest BCUT2D eigenvalue weighted by Crippen LogP contribution is -2.45. The number of hydrogen-bond donors (Lipinski definition) is 2. The van der Waals surface area contributed by atoms with E-state index >= 15 is 0 Å². The number of carbonyl (C=O) groups is 1. The van der Waals surface area contributed by atoms with Crippen LogP contribution >= 0.6 is 0 Å². The van der Waals surface area contributed by atoms with Crippen molar-refractivity contribution in [3.05, 3.63) is 29.1 Å². The first-order valence-electron chi connectivity index (χ1n) is 9.32. The van der Waals surface area contributed by atoms with Gasteiger partial charge in [0.1, 0.15) is 0 Å². The summed E-state index contributed by atoms with van der Waals surface area (Å²) in [5.74, 6) is -0.977. The molecule has 2 N–H and O–H groups in total. The number of rotatable bonds is 4. The summed E-state index contributed by atoms with van der Waals surface area (Å²) in [4.78, 5) is 19.0. The van der Waals surface area contributed by atoms with Crippen molar-refractivity contribution in [1.29, 1.82) is 0 Å². The number of aliphatic hydroxyl groups is 1. The van der Waals surface area contributed by atoms with Gasteiger partial charge < -0.3 is 15.3 Å². The number of sulfone groups is 1. The maximum atomic E-state index is 13.0. The van der Waals surface area contributed by atoms with Gasteiger partial charge >= 0.3 is 0 Å². The molecule has 1 aromatic heterocycles. The number of β-amino-alcohol motifs (C(OH)–C–C–N with tert-alkyl or cyclic N) is 1. The molecular formula is C19H29N3O4S. The molecule has 0 saturated carbocycles. The number of nitrogens with one attached hydrogen (secondary N) is 1. The molecule has 7 nitrogen and oxygen atoms in total. The van der Waals surface area contributed by atoms with Gasteiger partial charge in [-0.2, -0.15) is 0 Å². The summed E-state index contributed by atoms with van der Waals surface area (Å²) in [6.45, 7) is 8.85. The third-order valence-electron chi connectivity index (χ3n) is 5.76. The van der Waals surface area contributed by atoms with Crippen LogP contribution in [0.4, 0.5) is 0 Å². The Morgan fingerprint density at radius 3 is 2.63 bits per heavy atom. The van der Waals surface area contributed by atoms with E-state index in [-0.39, 0.29) is 29.4 Å². The van der Waals surface area contributed by atoms with Crippen LogP contribution in [0.15, 0.2) is 12.1 Å².